The number of nitrogens with one attached hydrogen (secondary N) is 2. The van der Waals surface area contributed by atoms with Crippen LogP contribution in [0.15, 0.2) is 71.6 Å². The molecule has 42 heavy (non-hydrogen) atoms. The van der Waals surface area contributed by atoms with E-state index in [0.29, 0.717) is 41.5 Å². The van der Waals surface area contributed by atoms with Crippen LogP contribution >= 0.6 is 11.6 Å². The van der Waals surface area contributed by atoms with Gasteiger partial charge in [0, 0.05) is 48.8 Å². The number of carbonyl (C=O) groups is 2. The topological polar surface area (TPSA) is 108 Å². The number of hydrogen-bond donors (Lipinski definition) is 2. The van der Waals surface area contributed by atoms with Gasteiger partial charge < -0.3 is 15.0 Å². The normalized spacial score (nSPS) is 17.5. The quantitative estimate of drug-likeness (QED) is 0.367. The van der Waals surface area contributed by atoms with Crippen molar-refractivity contribution < 1.29 is 27.1 Å². The summed E-state index contributed by atoms with van der Waals surface area (Å²) in [5, 5.41) is 2.90. The van der Waals surface area contributed by atoms with Crippen LogP contribution in [0.1, 0.15) is 30.5 Å². The molecule has 1 fully saturated rings. The Bertz CT molecular complexity index is 1540. The van der Waals surface area contributed by atoms with E-state index in [1.165, 1.54) is 18.2 Å². The summed E-state index contributed by atoms with van der Waals surface area (Å²) in [5.41, 5.74) is 1.99. The molecule has 2 unspecified atom stereocenters. The van der Waals surface area contributed by atoms with E-state index in [4.69, 9.17) is 16.3 Å². The van der Waals surface area contributed by atoms with Gasteiger partial charge in [0.25, 0.3) is 15.9 Å². The van der Waals surface area contributed by atoms with E-state index < -0.39 is 16.1 Å². The number of aryl methyl sites for hydroxylation is 1. The molecule has 0 saturated carbocycles. The van der Waals surface area contributed by atoms with Gasteiger partial charge in [-0.05, 0) is 68.3 Å². The highest BCUT2D eigenvalue weighted by molar-refractivity contribution is 7.90. The molecule has 12 heteroatoms. The van der Waals surface area contributed by atoms with Crippen LogP contribution in [0.3, 0.4) is 0 Å². The van der Waals surface area contributed by atoms with Crippen molar-refractivity contribution >= 4 is 33.6 Å². The summed E-state index contributed by atoms with van der Waals surface area (Å²) in [5.74, 6) is -0.123. The molecule has 0 radical (unpaired) electrons. The number of rotatable bonds is 9. The molecule has 3 amide bonds. The van der Waals surface area contributed by atoms with Crippen molar-refractivity contribution in [3.05, 3.63) is 94.3 Å². The number of benzene rings is 3. The van der Waals surface area contributed by atoms with Crippen molar-refractivity contribution in [1.82, 2.24) is 19.8 Å². The molecule has 0 spiro atoms. The van der Waals surface area contributed by atoms with Crippen LogP contribution in [0.5, 0.6) is 5.75 Å². The van der Waals surface area contributed by atoms with Gasteiger partial charge in [0.2, 0.25) is 0 Å². The predicted octanol–water partition coefficient (Wildman–Crippen LogP) is 4.48. The van der Waals surface area contributed by atoms with E-state index in [1.807, 2.05) is 18.6 Å². The second kappa shape index (κ2) is 13.5. The molecule has 2 atom stereocenters. The number of urea groups is 1. The van der Waals surface area contributed by atoms with Gasteiger partial charge in [-0.25, -0.2) is 22.3 Å². The third-order valence-electron chi connectivity index (χ3n) is 7.16. The zero-order chi connectivity index (χ0) is 30.4. The van der Waals surface area contributed by atoms with Crippen LogP contribution in [0.4, 0.5) is 9.18 Å². The molecule has 1 heterocycles. The first-order chi connectivity index (χ1) is 19.9. The Morgan fingerprint density at radius 2 is 1.74 bits per heavy atom. The minimum absolute atomic E-state index is 0.00489. The number of piperazine rings is 1. The van der Waals surface area contributed by atoms with E-state index in [2.05, 4.69) is 10.2 Å². The van der Waals surface area contributed by atoms with Gasteiger partial charge in [-0.2, -0.15) is 0 Å². The van der Waals surface area contributed by atoms with Crippen molar-refractivity contribution in [1.29, 1.82) is 0 Å². The average Bonchev–Trinajstić information content (AvgIpc) is 2.94. The second-order valence-corrected chi connectivity index (χ2v) is 12.5. The molecule has 4 rings (SSSR count). The number of hydrogen-bond acceptors (Lipinski definition) is 6. The lowest BCUT2D eigenvalue weighted by molar-refractivity contribution is -0.139. The van der Waals surface area contributed by atoms with Crippen LogP contribution in [0.25, 0.3) is 0 Å². The highest BCUT2D eigenvalue weighted by Crippen LogP contribution is 2.24. The molecule has 2 N–H and O–H groups in total. The largest absolute Gasteiger partial charge is 0.483 e. The van der Waals surface area contributed by atoms with E-state index >= 15 is 0 Å². The van der Waals surface area contributed by atoms with Crippen LogP contribution in [0.2, 0.25) is 5.02 Å². The number of amides is 3. The SMILES string of the molecule is Cc1ccccc1S(=O)(=O)NC(=O)NCc1cc(Cl)ccc1OCC(=O)N1CC(C)N(Cc2ccc(F)cc2)CC1C. The van der Waals surface area contributed by atoms with E-state index in [1.54, 1.807) is 60.4 Å². The Hall–Kier alpha value is -3.67. The van der Waals surface area contributed by atoms with Crippen molar-refractivity contribution in [3.63, 3.8) is 0 Å². The van der Waals surface area contributed by atoms with E-state index in [9.17, 15) is 22.4 Å². The van der Waals surface area contributed by atoms with Gasteiger partial charge in [0.05, 0.1) is 4.90 Å². The lowest BCUT2D eigenvalue weighted by atomic mass is 10.1. The molecule has 0 aliphatic carbocycles. The molecule has 1 saturated heterocycles. The Morgan fingerprint density at radius 3 is 2.45 bits per heavy atom. The fourth-order valence-corrected chi connectivity index (χ4v) is 6.26. The van der Waals surface area contributed by atoms with E-state index in [-0.39, 0.29) is 41.9 Å². The standard InChI is InChI=1S/C30H34ClFN4O5S/c1-20-6-4-5-7-28(20)42(39,40)34-30(38)33-15-24-14-25(31)10-13-27(24)41-19-29(37)36-17-21(2)35(16-22(36)3)18-23-8-11-26(32)12-9-23/h4-14,21-22H,15-19H2,1-3H3,(H2,33,34,38). The molecule has 1 aliphatic heterocycles. The highest BCUT2D eigenvalue weighted by atomic mass is 35.5. The fraction of sp³-hybridized carbons (Fsp3) is 0.333. The highest BCUT2D eigenvalue weighted by Gasteiger charge is 2.32. The monoisotopic (exact) mass is 616 g/mol. The van der Waals surface area contributed by atoms with Crippen molar-refractivity contribution in [2.75, 3.05) is 19.7 Å². The van der Waals surface area contributed by atoms with Gasteiger partial charge in [0.1, 0.15) is 11.6 Å². The average molecular weight is 617 g/mol. The third-order valence-corrected chi connectivity index (χ3v) is 8.88. The second-order valence-electron chi connectivity index (χ2n) is 10.4. The smallest absolute Gasteiger partial charge is 0.328 e. The fourth-order valence-electron chi connectivity index (χ4n) is 4.89. The van der Waals surface area contributed by atoms with E-state index in [0.717, 1.165) is 5.56 Å². The molecular weight excluding hydrogens is 583 g/mol. The first kappa shape index (κ1) is 31.3. The number of sulfonamides is 1. The van der Waals surface area contributed by atoms with Crippen molar-refractivity contribution in [3.8, 4) is 5.75 Å². The lowest BCUT2D eigenvalue weighted by Gasteiger charge is -2.44. The number of carbonyl (C=O) groups excluding carboxylic acids is 2. The number of nitrogens with zero attached hydrogens (tertiary/aromatic N) is 2. The molecule has 0 bridgehead atoms. The summed E-state index contributed by atoms with van der Waals surface area (Å²) in [4.78, 5) is 29.7. The zero-order valence-electron chi connectivity index (χ0n) is 23.6. The van der Waals surface area contributed by atoms with Gasteiger partial charge in [-0.15, -0.1) is 0 Å². The van der Waals surface area contributed by atoms with Gasteiger partial charge in [-0.1, -0.05) is 41.9 Å². The van der Waals surface area contributed by atoms with Crippen LogP contribution in [-0.4, -0.2) is 61.9 Å². The Balaban J connectivity index is 1.33. The van der Waals surface area contributed by atoms with Crippen molar-refractivity contribution in [2.45, 2.75) is 50.8 Å². The maximum atomic E-state index is 13.3. The van der Waals surface area contributed by atoms with Gasteiger partial charge >= 0.3 is 6.03 Å². The molecule has 9 nitrogen and oxygen atoms in total. The molecule has 224 valence electrons. The van der Waals surface area contributed by atoms with Gasteiger partial charge in [-0.3, -0.25) is 9.69 Å². The summed E-state index contributed by atoms with van der Waals surface area (Å²) < 4.78 is 46.4. The first-order valence-corrected chi connectivity index (χ1v) is 15.3. The minimum atomic E-state index is -4.07. The molecule has 3 aromatic carbocycles. The van der Waals surface area contributed by atoms with Gasteiger partial charge in [0.15, 0.2) is 6.61 Å². The first-order valence-electron chi connectivity index (χ1n) is 13.5. The summed E-state index contributed by atoms with van der Waals surface area (Å²) >= 11 is 6.16. The Labute approximate surface area is 250 Å². The van der Waals surface area contributed by atoms with Crippen LogP contribution in [0, 0.1) is 12.7 Å². The zero-order valence-corrected chi connectivity index (χ0v) is 25.2. The summed E-state index contributed by atoms with van der Waals surface area (Å²) in [6.45, 7) is 7.17. The summed E-state index contributed by atoms with van der Waals surface area (Å²) in [6.07, 6.45) is 0. The predicted molar refractivity (Wildman–Crippen MR) is 158 cm³/mol. The molecule has 3 aromatic rings. The summed E-state index contributed by atoms with van der Waals surface area (Å²) in [6, 6.07) is 16.6. The Morgan fingerprint density at radius 1 is 1.02 bits per heavy atom. The molecule has 1 aliphatic rings. The van der Waals surface area contributed by atoms with Crippen molar-refractivity contribution in [2.24, 2.45) is 0 Å². The number of ether oxygens (including phenoxy) is 1. The maximum Gasteiger partial charge on any atom is 0.328 e. The summed E-state index contributed by atoms with van der Waals surface area (Å²) in [7, 11) is -4.07. The van der Waals surface area contributed by atoms with Crippen LogP contribution in [-0.2, 0) is 27.9 Å². The number of halogens is 2. The molecular formula is C30H34ClFN4O5S. The minimum Gasteiger partial charge on any atom is -0.483 e. The van der Waals surface area contributed by atoms with Crippen LogP contribution < -0.4 is 14.8 Å². The maximum absolute atomic E-state index is 13.3. The third kappa shape index (κ3) is 7.99. The lowest BCUT2D eigenvalue weighted by Crippen LogP contribution is -2.58. The Kier molecular flexibility index (Phi) is 10.1. The molecule has 0 aromatic heterocycles.